The molecule has 0 aliphatic heterocycles. The number of hydrogen-bond acceptors (Lipinski definition) is 5. The number of nitrogens with zero attached hydrogens (tertiary/aromatic N) is 1. The quantitative estimate of drug-likeness (QED) is 0.830. The van der Waals surface area contributed by atoms with E-state index in [0.717, 1.165) is 4.90 Å². The predicted molar refractivity (Wildman–Crippen MR) is 82.9 cm³/mol. The van der Waals surface area contributed by atoms with Crippen LogP contribution in [0.1, 0.15) is 16.1 Å². The number of carbonyl (C=O) groups is 3. The Bertz CT molecular complexity index is 799. The molecule has 0 saturated heterocycles. The molecule has 0 atom stereocenters. The van der Waals surface area contributed by atoms with Crippen molar-refractivity contribution in [2.24, 2.45) is 0 Å². The van der Waals surface area contributed by atoms with E-state index >= 15 is 0 Å². The molecule has 128 valence electrons. The Kier molecular flexibility index (Phi) is 5.18. The Morgan fingerprint density at radius 1 is 1.33 bits per heavy atom. The fourth-order valence-electron chi connectivity index (χ4n) is 2.07. The van der Waals surface area contributed by atoms with Gasteiger partial charge in [0.05, 0.1) is 6.54 Å². The van der Waals surface area contributed by atoms with Crippen LogP contribution in [0.2, 0.25) is 0 Å². The standard InChI is InChI=1S/C16H17FN2O5/c1-9-11-6-10(17)4-5-12(11)24-15(9)16(22)23-8-14(21)19(3)7-13(20)18-2/h4-6H,7-8H2,1-3H3,(H,18,20). The first-order valence-corrected chi connectivity index (χ1v) is 7.13. The highest BCUT2D eigenvalue weighted by Gasteiger charge is 2.21. The SMILES string of the molecule is CNC(=O)CN(C)C(=O)COC(=O)c1oc2ccc(F)cc2c1C. The summed E-state index contributed by atoms with van der Waals surface area (Å²) in [7, 11) is 2.87. The Morgan fingerprint density at radius 2 is 2.04 bits per heavy atom. The number of hydrogen-bond donors (Lipinski definition) is 1. The van der Waals surface area contributed by atoms with Gasteiger partial charge in [0.15, 0.2) is 6.61 Å². The zero-order chi connectivity index (χ0) is 17.9. The number of likely N-dealkylation sites (N-methyl/N-ethyl adjacent to an activating group) is 2. The molecule has 2 aromatic rings. The number of ether oxygens (including phenoxy) is 1. The number of fused-ring (bicyclic) bond motifs is 1. The monoisotopic (exact) mass is 336 g/mol. The van der Waals surface area contributed by atoms with Crippen molar-refractivity contribution in [2.75, 3.05) is 27.2 Å². The lowest BCUT2D eigenvalue weighted by Crippen LogP contribution is -2.39. The van der Waals surface area contributed by atoms with Gasteiger partial charge in [-0.2, -0.15) is 0 Å². The summed E-state index contributed by atoms with van der Waals surface area (Å²) < 4.78 is 23.5. The Morgan fingerprint density at radius 3 is 2.71 bits per heavy atom. The third-order valence-corrected chi connectivity index (χ3v) is 3.50. The zero-order valence-corrected chi connectivity index (χ0v) is 13.5. The van der Waals surface area contributed by atoms with E-state index in [2.05, 4.69) is 5.32 Å². The zero-order valence-electron chi connectivity index (χ0n) is 13.5. The van der Waals surface area contributed by atoms with Crippen LogP contribution in [0.4, 0.5) is 4.39 Å². The van der Waals surface area contributed by atoms with E-state index in [9.17, 15) is 18.8 Å². The van der Waals surface area contributed by atoms with E-state index in [1.165, 1.54) is 32.3 Å². The smallest absolute Gasteiger partial charge is 0.375 e. The molecule has 2 rings (SSSR count). The van der Waals surface area contributed by atoms with Crippen LogP contribution >= 0.6 is 0 Å². The molecule has 0 bridgehead atoms. The molecule has 8 heteroatoms. The van der Waals surface area contributed by atoms with Crippen LogP contribution in [0.25, 0.3) is 11.0 Å². The molecule has 1 aromatic carbocycles. The normalized spacial score (nSPS) is 10.5. The van der Waals surface area contributed by atoms with Gasteiger partial charge in [0, 0.05) is 25.0 Å². The highest BCUT2D eigenvalue weighted by Crippen LogP contribution is 2.26. The number of amides is 2. The van der Waals surface area contributed by atoms with Gasteiger partial charge in [0.1, 0.15) is 11.4 Å². The number of carbonyl (C=O) groups excluding carboxylic acids is 3. The summed E-state index contributed by atoms with van der Waals surface area (Å²) in [5, 5.41) is 2.85. The Balaban J connectivity index is 2.04. The number of aryl methyl sites for hydroxylation is 1. The van der Waals surface area contributed by atoms with Gasteiger partial charge in [0.25, 0.3) is 5.91 Å². The minimum atomic E-state index is -0.828. The maximum atomic E-state index is 13.3. The van der Waals surface area contributed by atoms with E-state index in [4.69, 9.17) is 9.15 Å². The first kappa shape index (κ1) is 17.5. The van der Waals surface area contributed by atoms with Crippen LogP contribution in [-0.4, -0.2) is 49.9 Å². The molecule has 1 heterocycles. The molecule has 2 amide bonds. The molecule has 24 heavy (non-hydrogen) atoms. The van der Waals surface area contributed by atoms with Gasteiger partial charge >= 0.3 is 5.97 Å². The van der Waals surface area contributed by atoms with Gasteiger partial charge in [0.2, 0.25) is 11.7 Å². The number of rotatable bonds is 5. The highest BCUT2D eigenvalue weighted by molar-refractivity contribution is 5.96. The van der Waals surface area contributed by atoms with Crippen molar-refractivity contribution in [1.82, 2.24) is 10.2 Å². The fraction of sp³-hybridized carbons (Fsp3) is 0.312. The van der Waals surface area contributed by atoms with E-state index in [1.807, 2.05) is 0 Å². The maximum Gasteiger partial charge on any atom is 0.375 e. The number of halogens is 1. The molecule has 0 saturated carbocycles. The fourth-order valence-corrected chi connectivity index (χ4v) is 2.07. The molecule has 0 spiro atoms. The van der Waals surface area contributed by atoms with Crippen molar-refractivity contribution in [3.05, 3.63) is 35.3 Å². The van der Waals surface area contributed by atoms with E-state index < -0.39 is 24.3 Å². The predicted octanol–water partition coefficient (Wildman–Crippen LogP) is 1.24. The molecule has 0 radical (unpaired) electrons. The Labute approximate surface area is 137 Å². The molecule has 1 aromatic heterocycles. The summed E-state index contributed by atoms with van der Waals surface area (Å²) in [6, 6.07) is 3.89. The molecule has 0 fully saturated rings. The third kappa shape index (κ3) is 3.70. The van der Waals surface area contributed by atoms with Crippen LogP contribution in [0.5, 0.6) is 0 Å². The van der Waals surface area contributed by atoms with Gasteiger partial charge in [-0.3, -0.25) is 9.59 Å². The molecule has 7 nitrogen and oxygen atoms in total. The van der Waals surface area contributed by atoms with Crippen molar-refractivity contribution in [3.63, 3.8) is 0 Å². The molecule has 0 aliphatic carbocycles. The number of furan rings is 1. The summed E-state index contributed by atoms with van der Waals surface area (Å²) in [6.45, 7) is 0.925. The number of benzene rings is 1. The number of nitrogens with one attached hydrogen (secondary N) is 1. The summed E-state index contributed by atoms with van der Waals surface area (Å²) >= 11 is 0. The van der Waals surface area contributed by atoms with Gasteiger partial charge in [-0.15, -0.1) is 0 Å². The summed E-state index contributed by atoms with van der Waals surface area (Å²) in [4.78, 5) is 36.2. The van der Waals surface area contributed by atoms with Crippen LogP contribution in [0.15, 0.2) is 22.6 Å². The average molecular weight is 336 g/mol. The van der Waals surface area contributed by atoms with Crippen molar-refractivity contribution in [3.8, 4) is 0 Å². The van der Waals surface area contributed by atoms with Crippen LogP contribution in [-0.2, 0) is 14.3 Å². The number of esters is 1. The molecule has 0 aliphatic rings. The van der Waals surface area contributed by atoms with Gasteiger partial charge in [-0.1, -0.05) is 0 Å². The molecule has 0 unspecified atom stereocenters. The van der Waals surface area contributed by atoms with E-state index in [1.54, 1.807) is 6.92 Å². The molecular weight excluding hydrogens is 319 g/mol. The average Bonchev–Trinajstić information content (AvgIpc) is 2.88. The van der Waals surface area contributed by atoms with Crippen LogP contribution in [0.3, 0.4) is 0 Å². The van der Waals surface area contributed by atoms with Crippen molar-refractivity contribution in [2.45, 2.75) is 6.92 Å². The van der Waals surface area contributed by atoms with E-state index in [0.29, 0.717) is 16.5 Å². The topological polar surface area (TPSA) is 88.9 Å². The largest absolute Gasteiger partial charge is 0.450 e. The summed E-state index contributed by atoms with van der Waals surface area (Å²) in [5.74, 6) is -2.24. The second-order valence-corrected chi connectivity index (χ2v) is 5.20. The van der Waals surface area contributed by atoms with Gasteiger partial charge in [-0.05, 0) is 25.1 Å². The third-order valence-electron chi connectivity index (χ3n) is 3.50. The summed E-state index contributed by atoms with van der Waals surface area (Å²) in [6.07, 6.45) is 0. The first-order valence-electron chi connectivity index (χ1n) is 7.13. The second kappa shape index (κ2) is 7.12. The minimum Gasteiger partial charge on any atom is -0.450 e. The minimum absolute atomic E-state index is 0.0858. The summed E-state index contributed by atoms with van der Waals surface area (Å²) in [5.41, 5.74) is 0.782. The maximum absolute atomic E-state index is 13.3. The van der Waals surface area contributed by atoms with E-state index in [-0.39, 0.29) is 18.2 Å². The molecular formula is C16H17FN2O5. The first-order chi connectivity index (χ1) is 11.3. The lowest BCUT2D eigenvalue weighted by atomic mass is 10.1. The van der Waals surface area contributed by atoms with Crippen molar-refractivity contribution in [1.29, 1.82) is 0 Å². The highest BCUT2D eigenvalue weighted by atomic mass is 19.1. The van der Waals surface area contributed by atoms with Crippen LogP contribution < -0.4 is 5.32 Å². The lowest BCUT2D eigenvalue weighted by molar-refractivity contribution is -0.137. The van der Waals surface area contributed by atoms with Gasteiger partial charge in [-0.25, -0.2) is 9.18 Å². The second-order valence-electron chi connectivity index (χ2n) is 5.20. The lowest BCUT2D eigenvalue weighted by Gasteiger charge is -2.15. The Hall–Kier alpha value is -2.90. The van der Waals surface area contributed by atoms with Crippen LogP contribution in [0, 0.1) is 12.7 Å². The van der Waals surface area contributed by atoms with Crippen molar-refractivity contribution < 1.29 is 27.9 Å². The van der Waals surface area contributed by atoms with Crippen molar-refractivity contribution >= 4 is 28.8 Å². The molecule has 1 N–H and O–H groups in total. The van der Waals surface area contributed by atoms with Gasteiger partial charge < -0.3 is 19.4 Å².